The molecule has 0 aromatic rings. The van der Waals surface area contributed by atoms with Gasteiger partial charge in [-0.1, -0.05) is 32.4 Å². The lowest BCUT2D eigenvalue weighted by molar-refractivity contribution is 0.424. The maximum atomic E-state index is 2.44. The van der Waals surface area contributed by atoms with E-state index in [-0.39, 0.29) is 0 Å². The first-order valence-electron chi connectivity index (χ1n) is 4.54. The van der Waals surface area contributed by atoms with Gasteiger partial charge in [-0.05, 0) is 31.1 Å². The maximum absolute atomic E-state index is 2.44. The van der Waals surface area contributed by atoms with E-state index in [2.05, 4.69) is 13.0 Å². The van der Waals surface area contributed by atoms with Gasteiger partial charge in [0, 0.05) is 0 Å². The second-order valence-electron chi connectivity index (χ2n) is 3.24. The first-order chi connectivity index (χ1) is 4.86. The Morgan fingerprint density at radius 1 is 1.30 bits per heavy atom. The largest absolute Gasteiger partial charge is 0.0850 e. The molecular weight excluding hydrogens is 120 g/mol. The van der Waals surface area contributed by atoms with Crippen LogP contribution in [-0.4, -0.2) is 0 Å². The molecule has 0 nitrogen and oxygen atoms in total. The van der Waals surface area contributed by atoms with Crippen LogP contribution >= 0.6 is 0 Å². The zero-order valence-electron chi connectivity index (χ0n) is 7.35. The van der Waals surface area contributed by atoms with Gasteiger partial charge in [-0.25, -0.2) is 0 Å². The Kier molecular flexibility index (Phi) is 2.53. The second-order valence-corrected chi connectivity index (χ2v) is 3.24. The van der Waals surface area contributed by atoms with Crippen molar-refractivity contribution in [1.29, 1.82) is 0 Å². The van der Waals surface area contributed by atoms with Crippen LogP contribution in [0.3, 0.4) is 0 Å². The normalized spacial score (nSPS) is 34.9. The first kappa shape index (κ1) is 7.84. The Hall–Kier alpha value is -0.260. The highest BCUT2D eigenvalue weighted by atomic mass is 14.3. The van der Waals surface area contributed by atoms with E-state index in [1.165, 1.54) is 19.3 Å². The smallest absolute Gasteiger partial charge is 0.0286 e. The summed E-state index contributed by atoms with van der Waals surface area (Å²) in [5.74, 6) is 2.06. The van der Waals surface area contributed by atoms with Crippen molar-refractivity contribution < 1.29 is 0 Å². The molecule has 0 heterocycles. The molecule has 0 N–H and O–H groups in total. The van der Waals surface area contributed by atoms with Gasteiger partial charge in [0.15, 0.2) is 0 Å². The molecule has 2 aliphatic carbocycles. The zero-order valence-corrected chi connectivity index (χ0v) is 7.35. The van der Waals surface area contributed by atoms with Gasteiger partial charge in [-0.2, -0.15) is 0 Å². The van der Waals surface area contributed by atoms with E-state index in [1.807, 2.05) is 13.8 Å². The summed E-state index contributed by atoms with van der Waals surface area (Å²) in [4.78, 5) is 0. The third-order valence-electron chi connectivity index (χ3n) is 2.62. The van der Waals surface area contributed by atoms with Crippen LogP contribution < -0.4 is 0 Å². The molecule has 1 fully saturated rings. The molecule has 0 saturated heterocycles. The Labute approximate surface area is 64.3 Å². The standard InChI is InChI=1S/C8H12.C2H6/c1-6-4-7-2-3-8(6)5-7;1-2/h2,6,8H,3-5H2,1H3;1-2H3. The molecule has 0 heteroatoms. The van der Waals surface area contributed by atoms with Crippen LogP contribution in [0.1, 0.15) is 40.0 Å². The fourth-order valence-corrected chi connectivity index (χ4v) is 2.00. The fourth-order valence-electron chi connectivity index (χ4n) is 2.00. The molecule has 2 atom stereocenters. The minimum Gasteiger partial charge on any atom is -0.0850 e. The Morgan fingerprint density at radius 3 is 2.20 bits per heavy atom. The first-order valence-corrected chi connectivity index (χ1v) is 4.54. The van der Waals surface area contributed by atoms with Crippen molar-refractivity contribution in [2.45, 2.75) is 40.0 Å². The SMILES string of the molecule is CC.CC1CC2=CCC1C2. The lowest BCUT2D eigenvalue weighted by atomic mass is 9.94. The summed E-state index contributed by atoms with van der Waals surface area (Å²) in [5, 5.41) is 0. The summed E-state index contributed by atoms with van der Waals surface area (Å²) in [6, 6.07) is 0. The zero-order chi connectivity index (χ0) is 7.56. The van der Waals surface area contributed by atoms with Gasteiger partial charge in [0.05, 0.1) is 0 Å². The number of rotatable bonds is 0. The van der Waals surface area contributed by atoms with Gasteiger partial charge >= 0.3 is 0 Å². The highest BCUT2D eigenvalue weighted by molar-refractivity contribution is 5.17. The van der Waals surface area contributed by atoms with E-state index in [9.17, 15) is 0 Å². The van der Waals surface area contributed by atoms with E-state index in [1.54, 1.807) is 5.57 Å². The molecule has 0 aromatic carbocycles. The van der Waals surface area contributed by atoms with Gasteiger partial charge in [0.2, 0.25) is 0 Å². The molecule has 0 aliphatic heterocycles. The van der Waals surface area contributed by atoms with E-state index in [4.69, 9.17) is 0 Å². The van der Waals surface area contributed by atoms with Crippen molar-refractivity contribution in [3.8, 4) is 0 Å². The van der Waals surface area contributed by atoms with Gasteiger partial charge in [-0.15, -0.1) is 0 Å². The predicted octanol–water partition coefficient (Wildman–Crippen LogP) is 3.39. The Balaban J connectivity index is 0.000000231. The third kappa shape index (κ3) is 1.25. The second kappa shape index (κ2) is 3.23. The Bertz CT molecular complexity index is 133. The molecule has 58 valence electrons. The number of hydrogen-bond acceptors (Lipinski definition) is 0. The van der Waals surface area contributed by atoms with Gasteiger partial charge in [0.1, 0.15) is 0 Å². The molecular formula is C10H18. The molecule has 0 amide bonds. The number of fused-ring (bicyclic) bond motifs is 2. The summed E-state index contributed by atoms with van der Waals surface area (Å²) in [6.07, 6.45) is 6.66. The van der Waals surface area contributed by atoms with Crippen molar-refractivity contribution in [3.05, 3.63) is 11.6 Å². The summed E-state index contributed by atoms with van der Waals surface area (Å²) in [6.45, 7) is 6.38. The molecule has 1 saturated carbocycles. The van der Waals surface area contributed by atoms with Crippen LogP contribution in [0.15, 0.2) is 11.6 Å². The van der Waals surface area contributed by atoms with Crippen molar-refractivity contribution in [2.75, 3.05) is 0 Å². The van der Waals surface area contributed by atoms with Crippen LogP contribution in [0.25, 0.3) is 0 Å². The monoisotopic (exact) mass is 138 g/mol. The minimum atomic E-state index is 1.01. The molecule has 2 bridgehead atoms. The van der Waals surface area contributed by atoms with Crippen molar-refractivity contribution in [1.82, 2.24) is 0 Å². The average Bonchev–Trinajstić information content (AvgIpc) is 2.52. The van der Waals surface area contributed by atoms with Gasteiger partial charge in [0.25, 0.3) is 0 Å². The van der Waals surface area contributed by atoms with Crippen molar-refractivity contribution in [2.24, 2.45) is 11.8 Å². The molecule has 0 aromatic heterocycles. The third-order valence-corrected chi connectivity index (χ3v) is 2.62. The van der Waals surface area contributed by atoms with Gasteiger partial charge < -0.3 is 0 Å². The van der Waals surface area contributed by atoms with E-state index < -0.39 is 0 Å². The van der Waals surface area contributed by atoms with Crippen LogP contribution in [0.2, 0.25) is 0 Å². The summed E-state index contributed by atoms with van der Waals surface area (Å²) >= 11 is 0. The highest BCUT2D eigenvalue weighted by Gasteiger charge is 2.30. The molecule has 0 spiro atoms. The van der Waals surface area contributed by atoms with E-state index >= 15 is 0 Å². The Morgan fingerprint density at radius 2 is 2.00 bits per heavy atom. The van der Waals surface area contributed by atoms with E-state index in [0.717, 1.165) is 11.8 Å². The maximum Gasteiger partial charge on any atom is -0.0286 e. The lowest BCUT2D eigenvalue weighted by Gasteiger charge is -2.11. The summed E-state index contributed by atoms with van der Waals surface area (Å²) < 4.78 is 0. The average molecular weight is 138 g/mol. The molecule has 2 rings (SSSR count). The molecule has 0 radical (unpaired) electrons. The van der Waals surface area contributed by atoms with Gasteiger partial charge in [-0.3, -0.25) is 0 Å². The van der Waals surface area contributed by atoms with Crippen molar-refractivity contribution in [3.63, 3.8) is 0 Å². The summed E-state index contributed by atoms with van der Waals surface area (Å²) in [7, 11) is 0. The molecule has 10 heavy (non-hydrogen) atoms. The fraction of sp³-hybridized carbons (Fsp3) is 0.800. The van der Waals surface area contributed by atoms with E-state index in [0.29, 0.717) is 0 Å². The minimum absolute atomic E-state index is 1.01. The predicted molar refractivity (Wildman–Crippen MR) is 45.9 cm³/mol. The van der Waals surface area contributed by atoms with Crippen LogP contribution in [0, 0.1) is 11.8 Å². The van der Waals surface area contributed by atoms with Crippen LogP contribution in [0.5, 0.6) is 0 Å². The highest BCUT2D eigenvalue weighted by Crippen LogP contribution is 2.43. The topological polar surface area (TPSA) is 0 Å². The number of allylic oxidation sites excluding steroid dienone is 2. The summed E-state index contributed by atoms with van der Waals surface area (Å²) in [5.41, 5.74) is 1.74. The quantitative estimate of drug-likeness (QED) is 0.450. The van der Waals surface area contributed by atoms with Crippen LogP contribution in [-0.2, 0) is 0 Å². The number of hydrogen-bond donors (Lipinski definition) is 0. The van der Waals surface area contributed by atoms with Crippen molar-refractivity contribution >= 4 is 0 Å². The van der Waals surface area contributed by atoms with Crippen LogP contribution in [0.4, 0.5) is 0 Å². The molecule has 2 aliphatic rings. The molecule has 2 unspecified atom stereocenters. The lowest BCUT2D eigenvalue weighted by Crippen LogP contribution is -2.01.